The fourth-order valence-electron chi connectivity index (χ4n) is 2.61. The van der Waals surface area contributed by atoms with Crippen molar-refractivity contribution < 1.29 is 18.3 Å². The second kappa shape index (κ2) is 7.93. The second-order valence-electron chi connectivity index (χ2n) is 6.59. The molecule has 2 heterocycles. The molecular formula is C18H19F3N6O. The quantitative estimate of drug-likeness (QED) is 0.668. The Morgan fingerprint density at radius 1 is 1.25 bits per heavy atom. The molecule has 0 radical (unpaired) electrons. The number of aliphatic hydroxyl groups excluding tert-OH is 1. The summed E-state index contributed by atoms with van der Waals surface area (Å²) in [7, 11) is 0. The second-order valence-corrected chi connectivity index (χ2v) is 6.59. The first-order valence-corrected chi connectivity index (χ1v) is 8.55. The maximum absolute atomic E-state index is 12.8. The lowest BCUT2D eigenvalue weighted by Gasteiger charge is -2.10. The van der Waals surface area contributed by atoms with E-state index in [0.29, 0.717) is 17.9 Å². The van der Waals surface area contributed by atoms with E-state index in [1.807, 2.05) is 19.9 Å². The third-order valence-electron chi connectivity index (χ3n) is 3.92. The van der Waals surface area contributed by atoms with Gasteiger partial charge in [0.2, 0.25) is 5.95 Å². The summed E-state index contributed by atoms with van der Waals surface area (Å²) in [6, 6.07) is 6.21. The third-order valence-corrected chi connectivity index (χ3v) is 3.92. The monoisotopic (exact) mass is 392 g/mol. The van der Waals surface area contributed by atoms with Crippen molar-refractivity contribution in [1.82, 2.24) is 25.0 Å². The standard InChI is InChI=1S/C18H19F3N6O/c1-11-5-13(15-9-27(26-25-15)8-12(2)10-28)7-14(6-11)23-17-22-4-3-16(24-17)18(19,20)21/h3-7,9,12,28H,8,10H2,1-2H3,(H,22,23,24)/t12-/m0/s1. The number of anilines is 2. The molecule has 3 aromatic rings. The number of alkyl halides is 3. The van der Waals surface area contributed by atoms with E-state index in [1.54, 1.807) is 23.0 Å². The third kappa shape index (κ3) is 4.83. The van der Waals surface area contributed by atoms with E-state index in [0.717, 1.165) is 23.4 Å². The van der Waals surface area contributed by atoms with Gasteiger partial charge in [0, 0.05) is 30.6 Å². The number of nitrogens with one attached hydrogen (secondary N) is 1. The smallest absolute Gasteiger partial charge is 0.396 e. The van der Waals surface area contributed by atoms with Crippen LogP contribution in [0.2, 0.25) is 0 Å². The van der Waals surface area contributed by atoms with Gasteiger partial charge in [-0.1, -0.05) is 12.1 Å². The molecule has 0 unspecified atom stereocenters. The van der Waals surface area contributed by atoms with Gasteiger partial charge in [-0.05, 0) is 42.7 Å². The summed E-state index contributed by atoms with van der Waals surface area (Å²) in [5.41, 5.74) is 1.76. The first kappa shape index (κ1) is 19.7. The predicted octanol–water partition coefficient (Wildman–Crippen LogP) is 3.43. The Hall–Kier alpha value is -3.01. The number of nitrogens with zero attached hydrogens (tertiary/aromatic N) is 5. The van der Waals surface area contributed by atoms with Crippen molar-refractivity contribution in [1.29, 1.82) is 0 Å². The zero-order valence-electron chi connectivity index (χ0n) is 15.3. The van der Waals surface area contributed by atoms with Gasteiger partial charge in [-0.3, -0.25) is 4.68 Å². The van der Waals surface area contributed by atoms with Gasteiger partial charge in [-0.25, -0.2) is 9.97 Å². The molecule has 0 aliphatic heterocycles. The number of aryl methyl sites for hydroxylation is 1. The maximum Gasteiger partial charge on any atom is 0.433 e. The number of aromatic nitrogens is 5. The van der Waals surface area contributed by atoms with Crippen LogP contribution in [0.4, 0.5) is 24.8 Å². The molecule has 0 spiro atoms. The molecule has 0 saturated carbocycles. The molecule has 28 heavy (non-hydrogen) atoms. The summed E-state index contributed by atoms with van der Waals surface area (Å²) in [6.07, 6.45) is -1.73. The van der Waals surface area contributed by atoms with Crippen LogP contribution < -0.4 is 5.32 Å². The van der Waals surface area contributed by atoms with Crippen molar-refractivity contribution in [2.75, 3.05) is 11.9 Å². The van der Waals surface area contributed by atoms with E-state index in [-0.39, 0.29) is 18.5 Å². The fraction of sp³-hybridized carbons (Fsp3) is 0.333. The minimum absolute atomic E-state index is 0.0438. The van der Waals surface area contributed by atoms with Crippen molar-refractivity contribution in [2.45, 2.75) is 26.6 Å². The average Bonchev–Trinajstić information content (AvgIpc) is 3.09. The molecule has 0 amide bonds. The van der Waals surface area contributed by atoms with E-state index in [9.17, 15) is 13.2 Å². The van der Waals surface area contributed by atoms with Crippen LogP contribution in [-0.4, -0.2) is 36.7 Å². The van der Waals surface area contributed by atoms with Crippen LogP contribution in [0.5, 0.6) is 0 Å². The summed E-state index contributed by atoms with van der Waals surface area (Å²) < 4.78 is 40.1. The molecule has 0 aliphatic carbocycles. The van der Waals surface area contributed by atoms with Crippen LogP contribution in [0.3, 0.4) is 0 Å². The first-order chi connectivity index (χ1) is 13.2. The first-order valence-electron chi connectivity index (χ1n) is 8.55. The molecule has 2 N–H and O–H groups in total. The van der Waals surface area contributed by atoms with E-state index >= 15 is 0 Å². The Kier molecular flexibility index (Phi) is 5.59. The number of halogens is 3. The van der Waals surface area contributed by atoms with E-state index in [1.165, 1.54) is 0 Å². The normalized spacial score (nSPS) is 12.8. The van der Waals surface area contributed by atoms with Crippen molar-refractivity contribution >= 4 is 11.6 Å². The molecular weight excluding hydrogens is 373 g/mol. The lowest BCUT2D eigenvalue weighted by atomic mass is 10.1. The van der Waals surface area contributed by atoms with E-state index < -0.39 is 11.9 Å². The molecule has 1 aromatic carbocycles. The van der Waals surface area contributed by atoms with Crippen LogP contribution in [0.1, 0.15) is 18.2 Å². The summed E-state index contributed by atoms with van der Waals surface area (Å²) in [5.74, 6) is -0.103. The van der Waals surface area contributed by atoms with Gasteiger partial charge in [0.05, 0.1) is 6.20 Å². The molecule has 0 aliphatic rings. The van der Waals surface area contributed by atoms with Gasteiger partial charge >= 0.3 is 6.18 Å². The van der Waals surface area contributed by atoms with Gasteiger partial charge in [0.1, 0.15) is 11.4 Å². The number of aliphatic hydroxyl groups is 1. The van der Waals surface area contributed by atoms with Gasteiger partial charge in [0.25, 0.3) is 0 Å². The van der Waals surface area contributed by atoms with Crippen molar-refractivity contribution in [3.8, 4) is 11.3 Å². The Bertz CT molecular complexity index is 956. The van der Waals surface area contributed by atoms with Crippen LogP contribution >= 0.6 is 0 Å². The summed E-state index contributed by atoms with van der Waals surface area (Å²) >= 11 is 0. The minimum atomic E-state index is -4.54. The topological polar surface area (TPSA) is 88.8 Å². The van der Waals surface area contributed by atoms with Crippen molar-refractivity contribution in [3.05, 3.63) is 47.9 Å². The lowest BCUT2D eigenvalue weighted by molar-refractivity contribution is -0.141. The Morgan fingerprint density at radius 3 is 2.75 bits per heavy atom. The van der Waals surface area contributed by atoms with Gasteiger partial charge in [0.15, 0.2) is 0 Å². The molecule has 3 rings (SSSR count). The van der Waals surface area contributed by atoms with Crippen LogP contribution in [0.15, 0.2) is 36.7 Å². The van der Waals surface area contributed by atoms with Crippen LogP contribution in [-0.2, 0) is 12.7 Å². The number of hydrogen-bond acceptors (Lipinski definition) is 6. The Labute approximate surface area is 159 Å². The van der Waals surface area contributed by atoms with Crippen LogP contribution in [0.25, 0.3) is 11.3 Å². The number of rotatable bonds is 6. The van der Waals surface area contributed by atoms with Crippen molar-refractivity contribution in [3.63, 3.8) is 0 Å². The number of hydrogen-bond donors (Lipinski definition) is 2. The Morgan fingerprint density at radius 2 is 2.04 bits per heavy atom. The average molecular weight is 392 g/mol. The van der Waals surface area contributed by atoms with Gasteiger partial charge < -0.3 is 10.4 Å². The van der Waals surface area contributed by atoms with E-state index in [2.05, 4.69) is 25.6 Å². The summed E-state index contributed by atoms with van der Waals surface area (Å²) in [5, 5.41) is 20.1. The molecule has 148 valence electrons. The molecule has 0 saturated heterocycles. The highest BCUT2D eigenvalue weighted by molar-refractivity contribution is 5.68. The van der Waals surface area contributed by atoms with Crippen molar-refractivity contribution in [2.24, 2.45) is 5.92 Å². The number of benzene rings is 1. The molecule has 7 nitrogen and oxygen atoms in total. The highest BCUT2D eigenvalue weighted by atomic mass is 19.4. The molecule has 2 aromatic heterocycles. The zero-order chi connectivity index (χ0) is 20.3. The lowest BCUT2D eigenvalue weighted by Crippen LogP contribution is -2.11. The molecule has 10 heteroatoms. The highest BCUT2D eigenvalue weighted by Crippen LogP contribution is 2.29. The van der Waals surface area contributed by atoms with E-state index in [4.69, 9.17) is 5.11 Å². The summed E-state index contributed by atoms with van der Waals surface area (Å²) in [4.78, 5) is 7.36. The SMILES string of the molecule is Cc1cc(Nc2nccc(C(F)(F)F)n2)cc(-c2cn(C[C@H](C)CO)nn2)c1. The molecule has 0 fully saturated rings. The highest BCUT2D eigenvalue weighted by Gasteiger charge is 2.32. The predicted molar refractivity (Wildman–Crippen MR) is 96.8 cm³/mol. The molecule has 0 bridgehead atoms. The van der Waals surface area contributed by atoms with Gasteiger partial charge in [-0.2, -0.15) is 13.2 Å². The molecule has 1 atom stereocenters. The van der Waals surface area contributed by atoms with Crippen LogP contribution in [0, 0.1) is 12.8 Å². The zero-order valence-corrected chi connectivity index (χ0v) is 15.3. The maximum atomic E-state index is 12.8. The minimum Gasteiger partial charge on any atom is -0.396 e. The summed E-state index contributed by atoms with van der Waals surface area (Å²) in [6.45, 7) is 4.33. The largest absolute Gasteiger partial charge is 0.433 e. The Balaban J connectivity index is 1.84. The fourth-order valence-corrected chi connectivity index (χ4v) is 2.61. The van der Waals surface area contributed by atoms with Gasteiger partial charge in [-0.15, -0.1) is 5.10 Å².